The Morgan fingerprint density at radius 2 is 2.07 bits per heavy atom. The second kappa shape index (κ2) is 9.84. The van der Waals surface area contributed by atoms with E-state index in [9.17, 15) is 4.79 Å². The minimum Gasteiger partial charge on any atom is -0.381 e. The van der Waals surface area contributed by atoms with E-state index in [-0.39, 0.29) is 18.2 Å². The van der Waals surface area contributed by atoms with Crippen molar-refractivity contribution in [3.05, 3.63) is 22.9 Å². The zero-order valence-corrected chi connectivity index (χ0v) is 18.2. The van der Waals surface area contributed by atoms with E-state index in [2.05, 4.69) is 21.3 Å². The number of hydrogen-bond donors (Lipinski definition) is 3. The summed E-state index contributed by atoms with van der Waals surface area (Å²) < 4.78 is 11.3. The number of amides is 1. The molecular weight excluding hydrogens is 370 g/mol. The minimum atomic E-state index is -0.168. The highest BCUT2D eigenvalue weighted by molar-refractivity contribution is 5.99. The number of aryl methyl sites for hydroxylation is 2. The molecule has 0 bridgehead atoms. The summed E-state index contributed by atoms with van der Waals surface area (Å²) in [5.74, 6) is 0.604. The zero-order valence-electron chi connectivity index (χ0n) is 18.2. The van der Waals surface area contributed by atoms with Crippen LogP contribution in [-0.2, 0) is 9.47 Å². The van der Waals surface area contributed by atoms with E-state index in [0.717, 1.165) is 56.1 Å². The molecule has 0 aliphatic carbocycles. The predicted octanol–water partition coefficient (Wildman–Crippen LogP) is 0.378. The van der Waals surface area contributed by atoms with Gasteiger partial charge in [-0.05, 0) is 44.7 Å². The Balaban J connectivity index is 1.77. The molecule has 3 atom stereocenters. The molecule has 2 saturated heterocycles. The summed E-state index contributed by atoms with van der Waals surface area (Å²) in [6.45, 7) is 9.01. The number of carbonyl (C=O) groups is 1. The van der Waals surface area contributed by atoms with E-state index in [1.807, 2.05) is 26.8 Å². The van der Waals surface area contributed by atoms with Gasteiger partial charge in [-0.2, -0.15) is 0 Å². The topological polar surface area (TPSA) is 103 Å². The lowest BCUT2D eigenvalue weighted by Crippen LogP contribution is -2.67. The van der Waals surface area contributed by atoms with Crippen LogP contribution in [0, 0.1) is 13.8 Å². The Labute approximate surface area is 173 Å². The summed E-state index contributed by atoms with van der Waals surface area (Å²) in [6.07, 6.45) is 2.90. The highest BCUT2D eigenvalue weighted by Crippen LogP contribution is 2.26. The van der Waals surface area contributed by atoms with Gasteiger partial charge in [0, 0.05) is 58.1 Å². The molecule has 2 aliphatic heterocycles. The molecule has 3 rings (SSSR count). The van der Waals surface area contributed by atoms with Gasteiger partial charge in [0.1, 0.15) is 5.82 Å². The lowest BCUT2D eigenvalue weighted by molar-refractivity contribution is -0.419. The number of quaternary nitrogens is 1. The van der Waals surface area contributed by atoms with Gasteiger partial charge in [0.05, 0.1) is 11.7 Å². The molecule has 0 radical (unpaired) electrons. The zero-order chi connectivity index (χ0) is 21.0. The molecule has 0 saturated carbocycles. The SMILES string of the molecule is COC1CN(c2nc(C)c(C)cc2C(=O)NC(C)[NH3+])CCC1NC1CCOCC1. The first-order valence-corrected chi connectivity index (χ1v) is 10.6. The molecule has 1 aromatic heterocycles. The first-order chi connectivity index (χ1) is 13.9. The van der Waals surface area contributed by atoms with Gasteiger partial charge in [-0.1, -0.05) is 0 Å². The highest BCUT2D eigenvalue weighted by atomic mass is 16.5. The molecular formula is C21H36N5O3+. The third-order valence-corrected chi connectivity index (χ3v) is 5.90. The Morgan fingerprint density at radius 3 is 2.72 bits per heavy atom. The van der Waals surface area contributed by atoms with Crippen molar-refractivity contribution in [3.8, 4) is 0 Å². The van der Waals surface area contributed by atoms with Crippen LogP contribution in [0.5, 0.6) is 0 Å². The van der Waals surface area contributed by atoms with Crippen LogP contribution in [-0.4, -0.2) is 68.7 Å². The monoisotopic (exact) mass is 406 g/mol. The number of nitrogens with one attached hydrogen (secondary N) is 2. The molecule has 2 fully saturated rings. The first-order valence-electron chi connectivity index (χ1n) is 10.6. The molecule has 3 heterocycles. The van der Waals surface area contributed by atoms with Crippen molar-refractivity contribution >= 4 is 11.7 Å². The van der Waals surface area contributed by atoms with Crippen LogP contribution in [0.4, 0.5) is 5.82 Å². The number of nitrogens with zero attached hydrogens (tertiary/aromatic N) is 2. The molecule has 8 heteroatoms. The lowest BCUT2D eigenvalue weighted by Gasteiger charge is -2.41. The van der Waals surface area contributed by atoms with Crippen LogP contribution in [0.3, 0.4) is 0 Å². The fourth-order valence-electron chi connectivity index (χ4n) is 4.11. The molecule has 1 aromatic rings. The van der Waals surface area contributed by atoms with E-state index in [1.165, 1.54) is 0 Å². The number of carbonyl (C=O) groups excluding carboxylic acids is 1. The highest BCUT2D eigenvalue weighted by Gasteiger charge is 2.33. The number of piperidine rings is 1. The van der Waals surface area contributed by atoms with Gasteiger partial charge in [0.25, 0.3) is 5.91 Å². The number of ether oxygens (including phenoxy) is 2. The summed E-state index contributed by atoms with van der Waals surface area (Å²) in [7, 11) is 1.76. The van der Waals surface area contributed by atoms with Crippen molar-refractivity contribution < 1.29 is 20.0 Å². The second-order valence-electron chi connectivity index (χ2n) is 8.31. The molecule has 2 aliphatic rings. The van der Waals surface area contributed by atoms with Crippen molar-refractivity contribution in [2.24, 2.45) is 0 Å². The average Bonchev–Trinajstić information content (AvgIpc) is 2.70. The molecule has 29 heavy (non-hydrogen) atoms. The minimum absolute atomic E-state index is 0.0395. The third-order valence-electron chi connectivity index (χ3n) is 5.90. The van der Waals surface area contributed by atoms with Crippen molar-refractivity contribution in [1.29, 1.82) is 0 Å². The van der Waals surface area contributed by atoms with Crippen LogP contribution in [0.2, 0.25) is 0 Å². The van der Waals surface area contributed by atoms with Crippen LogP contribution >= 0.6 is 0 Å². The first kappa shape index (κ1) is 22.0. The normalized spacial score (nSPS) is 24.4. The van der Waals surface area contributed by atoms with Gasteiger partial charge in [-0.15, -0.1) is 0 Å². The van der Waals surface area contributed by atoms with E-state index in [0.29, 0.717) is 24.2 Å². The van der Waals surface area contributed by atoms with E-state index in [1.54, 1.807) is 7.11 Å². The number of pyridine rings is 1. The van der Waals surface area contributed by atoms with Gasteiger partial charge in [-0.25, -0.2) is 4.98 Å². The number of methoxy groups -OCH3 is 1. The van der Waals surface area contributed by atoms with Crippen LogP contribution in [0.25, 0.3) is 0 Å². The molecule has 1 amide bonds. The van der Waals surface area contributed by atoms with Gasteiger partial charge >= 0.3 is 0 Å². The van der Waals surface area contributed by atoms with Crippen LogP contribution < -0.4 is 21.3 Å². The molecule has 3 unspecified atom stereocenters. The fourth-order valence-corrected chi connectivity index (χ4v) is 4.11. The number of aromatic nitrogens is 1. The van der Waals surface area contributed by atoms with Crippen molar-refractivity contribution in [1.82, 2.24) is 15.6 Å². The van der Waals surface area contributed by atoms with Gasteiger partial charge < -0.3 is 30.7 Å². The van der Waals surface area contributed by atoms with Crippen molar-refractivity contribution in [2.75, 3.05) is 38.3 Å². The smallest absolute Gasteiger partial charge is 0.259 e. The van der Waals surface area contributed by atoms with Crippen LogP contribution in [0.1, 0.15) is 47.8 Å². The van der Waals surface area contributed by atoms with Crippen LogP contribution in [0.15, 0.2) is 6.07 Å². The summed E-state index contributed by atoms with van der Waals surface area (Å²) in [4.78, 5) is 19.8. The third kappa shape index (κ3) is 5.45. The van der Waals surface area contributed by atoms with Gasteiger partial charge in [0.15, 0.2) is 6.17 Å². The number of rotatable bonds is 6. The van der Waals surface area contributed by atoms with E-state index < -0.39 is 0 Å². The number of anilines is 1. The van der Waals surface area contributed by atoms with E-state index >= 15 is 0 Å². The van der Waals surface area contributed by atoms with E-state index in [4.69, 9.17) is 14.5 Å². The molecule has 0 spiro atoms. The van der Waals surface area contributed by atoms with Crippen molar-refractivity contribution in [3.63, 3.8) is 0 Å². The Morgan fingerprint density at radius 1 is 1.34 bits per heavy atom. The quantitative estimate of drug-likeness (QED) is 0.590. The Kier molecular flexibility index (Phi) is 7.45. The second-order valence-corrected chi connectivity index (χ2v) is 8.31. The standard InChI is InChI=1S/C21H35N5O3/c1-13-11-17(21(27)24-15(3)22)20(23-14(13)2)26-8-5-18(19(12-26)28-4)25-16-6-9-29-10-7-16/h11,15-16,18-19,25H,5-10,12,22H2,1-4H3,(H,24,27)/p+1. The molecule has 0 aromatic carbocycles. The maximum Gasteiger partial charge on any atom is 0.259 e. The van der Waals surface area contributed by atoms with Gasteiger partial charge in [-0.3, -0.25) is 4.79 Å². The summed E-state index contributed by atoms with van der Waals surface area (Å²) >= 11 is 0. The summed E-state index contributed by atoms with van der Waals surface area (Å²) in [5, 5.41) is 6.68. The largest absolute Gasteiger partial charge is 0.381 e. The summed E-state index contributed by atoms with van der Waals surface area (Å²) in [6, 6.07) is 2.71. The Hall–Kier alpha value is -1.74. The lowest BCUT2D eigenvalue weighted by atomic mass is 9.98. The number of hydrogen-bond acceptors (Lipinski definition) is 6. The fraction of sp³-hybridized carbons (Fsp3) is 0.714. The molecule has 5 N–H and O–H groups in total. The maximum atomic E-state index is 12.8. The summed E-state index contributed by atoms with van der Waals surface area (Å²) in [5.41, 5.74) is 6.43. The molecule has 8 nitrogen and oxygen atoms in total. The van der Waals surface area contributed by atoms with Gasteiger partial charge in [0.2, 0.25) is 0 Å². The molecule has 162 valence electrons. The van der Waals surface area contributed by atoms with Crippen molar-refractivity contribution in [2.45, 2.75) is 64.4 Å². The predicted molar refractivity (Wildman–Crippen MR) is 112 cm³/mol. The average molecular weight is 407 g/mol. The Bertz CT molecular complexity index is 706. The maximum absolute atomic E-state index is 12.8.